The van der Waals surface area contributed by atoms with Crippen LogP contribution in [0.2, 0.25) is 0 Å². The first-order valence-electron chi connectivity index (χ1n) is 24.0. The van der Waals surface area contributed by atoms with Crippen LogP contribution in [0.15, 0.2) is 53.8 Å². The molecule has 1 aromatic heterocycles. The second-order valence-electron chi connectivity index (χ2n) is 23.1. The number of hydrogen-bond acceptors (Lipinski definition) is 8. The Morgan fingerprint density at radius 1 is 0.952 bits per heavy atom. The van der Waals surface area contributed by atoms with Crippen LogP contribution in [-0.4, -0.2) is 65.4 Å². The monoisotopic (exact) mass is 870 g/mol. The molecule has 7 aliphatic rings. The molecule has 1 aromatic rings. The smallest absolute Gasteiger partial charge is 0.313 e. The average molecular weight is 870 g/mol. The quantitative estimate of drug-likeness (QED) is 0.185. The van der Waals surface area contributed by atoms with E-state index in [2.05, 4.69) is 76.6 Å². The summed E-state index contributed by atoms with van der Waals surface area (Å²) in [5.74, 6) is 2.06. The SMILES string of the molecule is C=C(C)C1CC[C@]2(NCC[C@]3(O)CC[C@@H](S(C)(=O)=O)CC3)CC[C@]3(C)[C@H](CC[C@@H]4[C@@]5(C)CC=C(C6=CC[C@@](COc7ncccc7C#N)(C(=O)O)CC6)C(C)(C)[C@@H]5CC[C@]43C)[C@@H]12. The lowest BCUT2D eigenvalue weighted by molar-refractivity contribution is -0.221. The summed E-state index contributed by atoms with van der Waals surface area (Å²) in [6.07, 6.45) is 22.7. The maximum Gasteiger partial charge on any atom is 0.313 e. The van der Waals surface area contributed by atoms with Crippen molar-refractivity contribution >= 4 is 15.8 Å². The molecule has 0 amide bonds. The van der Waals surface area contributed by atoms with Gasteiger partial charge in [-0.05, 0) is 197 Å². The summed E-state index contributed by atoms with van der Waals surface area (Å²) in [6, 6.07) is 5.42. The number of carboxylic acids is 1. The summed E-state index contributed by atoms with van der Waals surface area (Å²) in [5.41, 5.74) is 3.02. The normalized spacial score (nSPS) is 42.4. The second-order valence-corrected chi connectivity index (χ2v) is 25.4. The van der Waals surface area contributed by atoms with E-state index in [4.69, 9.17) is 4.74 Å². The first kappa shape index (κ1) is 45.6. The number of nitrogens with one attached hydrogen (secondary N) is 1. The van der Waals surface area contributed by atoms with E-state index < -0.39 is 26.8 Å². The number of aliphatic hydroxyl groups is 1. The molecule has 0 saturated heterocycles. The highest BCUT2D eigenvalue weighted by molar-refractivity contribution is 7.91. The highest BCUT2D eigenvalue weighted by Crippen LogP contribution is 2.76. The lowest BCUT2D eigenvalue weighted by atomic mass is 9.33. The minimum atomic E-state index is -3.08. The Hall–Kier alpha value is -3.00. The van der Waals surface area contributed by atoms with Crippen LogP contribution in [0, 0.1) is 68.0 Å². The predicted octanol–water partition coefficient (Wildman–Crippen LogP) is 10.2. The Kier molecular flexibility index (Phi) is 11.7. The third kappa shape index (κ3) is 7.25. The molecule has 7 aliphatic carbocycles. The fraction of sp³-hybridized carbons (Fsp3) is 0.750. The maximum atomic E-state index is 12.8. The van der Waals surface area contributed by atoms with Crippen molar-refractivity contribution in [2.24, 2.45) is 56.7 Å². The van der Waals surface area contributed by atoms with Gasteiger partial charge in [-0.15, -0.1) is 0 Å². The summed E-state index contributed by atoms with van der Waals surface area (Å²) in [5, 5.41) is 35.5. The van der Waals surface area contributed by atoms with Crippen molar-refractivity contribution in [2.75, 3.05) is 19.4 Å². The van der Waals surface area contributed by atoms with E-state index in [1.807, 2.05) is 0 Å². The molecule has 62 heavy (non-hydrogen) atoms. The number of nitrogens with zero attached hydrogens (tertiary/aromatic N) is 2. The highest BCUT2D eigenvalue weighted by Gasteiger charge is 2.70. The molecule has 0 aromatic carbocycles. The van der Waals surface area contributed by atoms with Crippen molar-refractivity contribution in [1.82, 2.24) is 10.3 Å². The van der Waals surface area contributed by atoms with E-state index in [-0.39, 0.29) is 44.9 Å². The molecule has 0 bridgehead atoms. The molecule has 9 nitrogen and oxygen atoms in total. The van der Waals surface area contributed by atoms with Gasteiger partial charge in [0.2, 0.25) is 5.88 Å². The van der Waals surface area contributed by atoms with Crippen LogP contribution in [0.1, 0.15) is 156 Å². The highest BCUT2D eigenvalue weighted by atomic mass is 32.2. The number of carboxylic acid groups (broad SMARTS) is 1. The number of pyridine rings is 1. The maximum absolute atomic E-state index is 12.8. The number of nitriles is 1. The van der Waals surface area contributed by atoms with Gasteiger partial charge in [0, 0.05) is 18.0 Å². The van der Waals surface area contributed by atoms with Crippen LogP contribution in [0.25, 0.3) is 0 Å². The Bertz CT molecular complexity index is 2170. The molecule has 340 valence electrons. The van der Waals surface area contributed by atoms with Crippen molar-refractivity contribution in [3.05, 3.63) is 59.3 Å². The third-order valence-electron chi connectivity index (χ3n) is 20.0. The van der Waals surface area contributed by atoms with Crippen LogP contribution < -0.4 is 10.1 Å². The molecule has 8 rings (SSSR count). The lowest BCUT2D eigenvalue weighted by Crippen LogP contribution is -2.68. The lowest BCUT2D eigenvalue weighted by Gasteiger charge is -2.72. The Balaban J connectivity index is 0.998. The number of ether oxygens (including phenoxy) is 1. The van der Waals surface area contributed by atoms with Gasteiger partial charge in [0.25, 0.3) is 0 Å². The molecule has 1 heterocycles. The van der Waals surface area contributed by atoms with Crippen LogP contribution in [0.3, 0.4) is 0 Å². The van der Waals surface area contributed by atoms with Gasteiger partial charge in [-0.3, -0.25) is 4.79 Å². The zero-order chi connectivity index (χ0) is 44.7. The van der Waals surface area contributed by atoms with Crippen molar-refractivity contribution in [2.45, 2.75) is 167 Å². The van der Waals surface area contributed by atoms with Crippen LogP contribution in [-0.2, 0) is 14.6 Å². The van der Waals surface area contributed by atoms with Crippen LogP contribution >= 0.6 is 0 Å². The molecular weight excluding hydrogens is 795 g/mol. The summed E-state index contributed by atoms with van der Waals surface area (Å²) in [4.78, 5) is 17.0. The molecule has 0 spiro atoms. The van der Waals surface area contributed by atoms with Crippen molar-refractivity contribution < 1.29 is 28.2 Å². The van der Waals surface area contributed by atoms with Gasteiger partial charge in [-0.25, -0.2) is 13.4 Å². The number of hydrogen-bond donors (Lipinski definition) is 3. The number of allylic oxidation sites excluding steroid dienone is 5. The molecule has 0 aliphatic heterocycles. The fourth-order valence-electron chi connectivity index (χ4n) is 16.3. The number of rotatable bonds is 11. The van der Waals surface area contributed by atoms with E-state index in [0.717, 1.165) is 25.8 Å². The van der Waals surface area contributed by atoms with Gasteiger partial charge >= 0.3 is 5.97 Å². The number of aliphatic carboxylic acids is 1. The second kappa shape index (κ2) is 15.9. The standard InChI is InChI=1S/C52H75N3O6S/c1-34(2)38-17-26-52(55-31-29-51(58)24-15-37(16-25-51)62(8,59)60)28-27-48(6)40(43(38)52)11-12-42-47(5)20-18-39(46(3,4)41(47)19-21-49(42,48)7)35-13-22-50(23-14-35,45(56)57)33-61-44-36(32-53)10-9-30-54-44/h9-10,13,18,30,37-38,40-43,55,58H,1,11-12,14-17,19-29,31,33H2,2-8H3,(H,56,57)/t37-,38?,40-,41+,42-,43-,47+,48-,49-,50-,51+,52+/m1/s1. The van der Waals surface area contributed by atoms with Gasteiger partial charge in [0.15, 0.2) is 0 Å². The molecule has 5 saturated carbocycles. The zero-order valence-corrected chi connectivity index (χ0v) is 39.6. The topological polar surface area (TPSA) is 150 Å². The van der Waals surface area contributed by atoms with Gasteiger partial charge in [0.05, 0.1) is 10.9 Å². The average Bonchev–Trinajstić information content (AvgIpc) is 3.60. The number of aromatic nitrogens is 1. The van der Waals surface area contributed by atoms with Gasteiger partial charge in [-0.1, -0.05) is 58.9 Å². The van der Waals surface area contributed by atoms with Gasteiger partial charge in [0.1, 0.15) is 33.5 Å². The summed E-state index contributed by atoms with van der Waals surface area (Å²) < 4.78 is 30.4. The fourth-order valence-corrected chi connectivity index (χ4v) is 17.4. The first-order valence-corrected chi connectivity index (χ1v) is 26.0. The van der Waals surface area contributed by atoms with Crippen LogP contribution in [0.5, 0.6) is 5.88 Å². The van der Waals surface area contributed by atoms with Crippen molar-refractivity contribution in [3.8, 4) is 11.9 Å². The minimum absolute atomic E-state index is 0.0230. The van der Waals surface area contributed by atoms with Gasteiger partial charge < -0.3 is 20.3 Å². The van der Waals surface area contributed by atoms with E-state index in [0.29, 0.717) is 86.5 Å². The Morgan fingerprint density at radius 2 is 1.69 bits per heavy atom. The van der Waals surface area contributed by atoms with E-state index in [1.165, 1.54) is 61.5 Å². The first-order chi connectivity index (χ1) is 29.1. The van der Waals surface area contributed by atoms with Crippen molar-refractivity contribution in [3.63, 3.8) is 0 Å². The predicted molar refractivity (Wildman–Crippen MR) is 244 cm³/mol. The summed E-state index contributed by atoms with van der Waals surface area (Å²) in [6.45, 7) is 20.5. The number of sulfone groups is 1. The molecule has 10 heteroatoms. The van der Waals surface area contributed by atoms with Crippen molar-refractivity contribution in [1.29, 1.82) is 5.26 Å². The third-order valence-corrected chi connectivity index (χ3v) is 21.7. The van der Waals surface area contributed by atoms with E-state index in [9.17, 15) is 28.7 Å². The molecule has 1 unspecified atom stereocenters. The summed E-state index contributed by atoms with van der Waals surface area (Å²) >= 11 is 0. The molecule has 5 fully saturated rings. The Morgan fingerprint density at radius 3 is 2.34 bits per heavy atom. The molecule has 0 radical (unpaired) electrons. The zero-order valence-electron chi connectivity index (χ0n) is 38.8. The summed E-state index contributed by atoms with van der Waals surface area (Å²) in [7, 11) is -3.08. The van der Waals surface area contributed by atoms with E-state index >= 15 is 0 Å². The number of carbonyl (C=O) groups is 1. The van der Waals surface area contributed by atoms with E-state index in [1.54, 1.807) is 18.3 Å². The molecule has 3 N–H and O–H groups in total. The Labute approximate surface area is 372 Å². The van der Waals surface area contributed by atoms with Gasteiger partial charge in [-0.2, -0.15) is 5.26 Å². The minimum Gasteiger partial charge on any atom is -0.481 e. The largest absolute Gasteiger partial charge is 0.481 e. The van der Waals surface area contributed by atoms with Crippen LogP contribution in [0.4, 0.5) is 0 Å². The number of fused-ring (bicyclic) bond motifs is 7. The molecular formula is C52H75N3O6S. The molecule has 10 atom stereocenters.